The van der Waals surface area contributed by atoms with Crippen molar-refractivity contribution in [2.45, 2.75) is 64.5 Å². The Morgan fingerprint density at radius 1 is 1.07 bits per heavy atom. The van der Waals surface area contributed by atoms with Crippen LogP contribution < -0.4 is 11.1 Å². The Morgan fingerprint density at radius 3 is 2.45 bits per heavy atom. The number of hydrogen-bond donors (Lipinski definition) is 2. The first-order chi connectivity index (χ1) is 13.7. The standard InChI is InChI=1S/C22H33N3O4/c1-12-8-16-17(20(23)27)11-14-10-15(24-21(14)28)7-5-4-6-13(2)22(29)25(3)18(9-12)19(16)26/h4-5,12-18H,6-11H2,1-3H3,(H2,23,27)(H,24,28)/b5-4+/t12?,13-,14-,15+,16?,17+,18-/m0/s1. The van der Waals surface area contributed by atoms with Crippen LogP contribution in [0, 0.1) is 29.6 Å². The molecule has 29 heavy (non-hydrogen) atoms. The van der Waals surface area contributed by atoms with Crippen LogP contribution in [-0.2, 0) is 19.2 Å². The highest BCUT2D eigenvalue weighted by Gasteiger charge is 2.46. The summed E-state index contributed by atoms with van der Waals surface area (Å²) in [5, 5.41) is 3.00. The molecule has 7 nitrogen and oxygen atoms in total. The summed E-state index contributed by atoms with van der Waals surface area (Å²) in [7, 11) is 1.69. The molecule has 1 saturated heterocycles. The summed E-state index contributed by atoms with van der Waals surface area (Å²) < 4.78 is 0. The second kappa shape index (κ2) is 8.67. The van der Waals surface area contributed by atoms with Gasteiger partial charge in [0.15, 0.2) is 5.78 Å². The van der Waals surface area contributed by atoms with Crippen molar-refractivity contribution in [3.63, 3.8) is 0 Å². The van der Waals surface area contributed by atoms with E-state index in [1.54, 1.807) is 11.9 Å². The van der Waals surface area contributed by atoms with E-state index in [2.05, 4.69) is 5.32 Å². The predicted octanol–water partition coefficient (Wildman–Crippen LogP) is 1.41. The fourth-order valence-electron chi connectivity index (χ4n) is 5.24. The highest BCUT2D eigenvalue weighted by atomic mass is 16.2. The smallest absolute Gasteiger partial charge is 0.226 e. The molecule has 0 spiro atoms. The molecular formula is C22H33N3O4. The maximum atomic E-state index is 13.4. The lowest BCUT2D eigenvalue weighted by Crippen LogP contribution is -2.53. The number of rotatable bonds is 1. The van der Waals surface area contributed by atoms with E-state index in [0.29, 0.717) is 38.5 Å². The van der Waals surface area contributed by atoms with Crippen molar-refractivity contribution < 1.29 is 19.2 Å². The summed E-state index contributed by atoms with van der Waals surface area (Å²) >= 11 is 0. The van der Waals surface area contributed by atoms with Crippen LogP contribution >= 0.6 is 0 Å². The van der Waals surface area contributed by atoms with Crippen molar-refractivity contribution in [2.24, 2.45) is 35.3 Å². The molecule has 0 aromatic heterocycles. The Kier molecular flexibility index (Phi) is 6.44. The molecule has 2 unspecified atom stereocenters. The zero-order chi connectivity index (χ0) is 21.3. The zero-order valence-corrected chi connectivity index (χ0v) is 17.6. The van der Waals surface area contributed by atoms with Gasteiger partial charge in [-0.15, -0.1) is 0 Å². The summed E-state index contributed by atoms with van der Waals surface area (Å²) in [6.07, 6.45) is 7.38. The quantitative estimate of drug-likeness (QED) is 0.645. The van der Waals surface area contributed by atoms with Gasteiger partial charge in [0.2, 0.25) is 17.7 Å². The van der Waals surface area contributed by atoms with E-state index in [1.807, 2.05) is 26.0 Å². The highest BCUT2D eigenvalue weighted by Crippen LogP contribution is 2.38. The van der Waals surface area contributed by atoms with Crippen LogP contribution in [0.25, 0.3) is 0 Å². The molecule has 0 radical (unpaired) electrons. The number of nitrogens with zero attached hydrogens (tertiary/aromatic N) is 1. The first kappa shape index (κ1) is 21.5. The fraction of sp³-hybridized carbons (Fsp3) is 0.727. The minimum atomic E-state index is -0.677. The van der Waals surface area contributed by atoms with Crippen LogP contribution in [-0.4, -0.2) is 47.5 Å². The average molecular weight is 404 g/mol. The molecule has 7 atom stereocenters. The van der Waals surface area contributed by atoms with E-state index in [4.69, 9.17) is 5.73 Å². The van der Waals surface area contributed by atoms with Gasteiger partial charge in [-0.3, -0.25) is 19.2 Å². The number of carbonyl (C=O) groups is 4. The van der Waals surface area contributed by atoms with Crippen molar-refractivity contribution in [3.05, 3.63) is 12.2 Å². The van der Waals surface area contributed by atoms with Gasteiger partial charge < -0.3 is 16.0 Å². The summed E-state index contributed by atoms with van der Waals surface area (Å²) in [6.45, 7) is 3.91. The number of nitrogens with two attached hydrogens (primary N) is 1. The molecule has 1 saturated carbocycles. The monoisotopic (exact) mass is 403 g/mol. The number of amides is 3. The fourth-order valence-corrected chi connectivity index (χ4v) is 5.24. The molecule has 3 amide bonds. The zero-order valence-electron chi connectivity index (χ0n) is 17.6. The highest BCUT2D eigenvalue weighted by molar-refractivity contribution is 5.95. The number of Topliss-reactive ketones (excluding diaryl/α,β-unsaturated/α-hetero) is 1. The van der Waals surface area contributed by atoms with Gasteiger partial charge in [-0.25, -0.2) is 0 Å². The van der Waals surface area contributed by atoms with Crippen molar-refractivity contribution in [3.8, 4) is 0 Å². The number of hydrogen-bond acceptors (Lipinski definition) is 4. The number of primary amides is 1. The number of nitrogens with one attached hydrogen (secondary N) is 1. The normalized spacial score (nSPS) is 40.0. The number of allylic oxidation sites excluding steroid dienone is 1. The Morgan fingerprint density at radius 2 is 1.76 bits per heavy atom. The van der Waals surface area contributed by atoms with E-state index >= 15 is 0 Å². The Hall–Kier alpha value is -2.18. The average Bonchev–Trinajstić information content (AvgIpc) is 3.02. The van der Waals surface area contributed by atoms with Gasteiger partial charge in [0.05, 0.1) is 6.04 Å². The van der Waals surface area contributed by atoms with Crippen LogP contribution in [0.4, 0.5) is 0 Å². The maximum absolute atomic E-state index is 13.4. The van der Waals surface area contributed by atoms with Crippen LogP contribution in [0.5, 0.6) is 0 Å². The number of carbonyl (C=O) groups excluding carboxylic acids is 4. The Labute approximate surface area is 172 Å². The number of ketones is 1. The van der Waals surface area contributed by atoms with Crippen molar-refractivity contribution in [1.29, 1.82) is 0 Å². The summed E-state index contributed by atoms with van der Waals surface area (Å²) in [5.74, 6) is -2.30. The summed E-state index contributed by atoms with van der Waals surface area (Å²) in [6, 6.07) is -0.523. The predicted molar refractivity (Wildman–Crippen MR) is 108 cm³/mol. The Bertz CT molecular complexity index is 719. The van der Waals surface area contributed by atoms with Gasteiger partial charge in [0, 0.05) is 36.8 Å². The van der Waals surface area contributed by atoms with E-state index in [-0.39, 0.29) is 41.4 Å². The van der Waals surface area contributed by atoms with Crippen LogP contribution in [0.15, 0.2) is 12.2 Å². The third-order valence-electron chi connectivity index (χ3n) is 6.97. The van der Waals surface area contributed by atoms with Crippen LogP contribution in [0.1, 0.15) is 52.4 Å². The lowest BCUT2D eigenvalue weighted by molar-refractivity contribution is -0.147. The number of likely N-dealkylation sites (N-methyl/N-ethyl adjacent to an activating group) is 1. The minimum Gasteiger partial charge on any atom is -0.369 e. The summed E-state index contributed by atoms with van der Waals surface area (Å²) in [5.41, 5.74) is 5.72. The molecule has 160 valence electrons. The first-order valence-corrected chi connectivity index (χ1v) is 10.7. The molecule has 3 aliphatic rings. The SMILES string of the molecule is CC1CC2C(=O)[C@H](C1)N(C)C(=O)[C@@H](C)C/C=C/C[C@@H]1C[C@@H](C[C@H]2C(N)=O)C(=O)N1. The first-order valence-electron chi connectivity index (χ1n) is 10.7. The van der Waals surface area contributed by atoms with Crippen LogP contribution in [0.2, 0.25) is 0 Å². The van der Waals surface area contributed by atoms with E-state index in [1.165, 1.54) is 0 Å². The number of fused-ring (bicyclic) bond motifs is 4. The van der Waals surface area contributed by atoms with E-state index in [0.717, 1.165) is 0 Å². The van der Waals surface area contributed by atoms with Crippen LogP contribution in [0.3, 0.4) is 0 Å². The molecule has 2 aliphatic heterocycles. The van der Waals surface area contributed by atoms with Gasteiger partial charge >= 0.3 is 0 Å². The third kappa shape index (κ3) is 4.54. The molecule has 0 aromatic carbocycles. The lowest BCUT2D eigenvalue weighted by atomic mass is 9.69. The second-order valence-electron chi connectivity index (χ2n) is 9.28. The van der Waals surface area contributed by atoms with Gasteiger partial charge in [0.1, 0.15) is 0 Å². The van der Waals surface area contributed by atoms with E-state index in [9.17, 15) is 19.2 Å². The molecule has 7 heteroatoms. The molecule has 0 aromatic rings. The Balaban J connectivity index is 1.95. The second-order valence-corrected chi connectivity index (χ2v) is 9.28. The molecule has 2 fully saturated rings. The van der Waals surface area contributed by atoms with Crippen molar-refractivity contribution >= 4 is 23.5 Å². The van der Waals surface area contributed by atoms with Gasteiger partial charge in [0.25, 0.3) is 0 Å². The molecular weight excluding hydrogens is 370 g/mol. The molecule has 3 rings (SSSR count). The largest absolute Gasteiger partial charge is 0.369 e. The molecule has 1 aliphatic carbocycles. The van der Waals surface area contributed by atoms with Gasteiger partial charge in [-0.05, 0) is 44.4 Å². The molecule has 4 bridgehead atoms. The van der Waals surface area contributed by atoms with Crippen molar-refractivity contribution in [2.75, 3.05) is 7.05 Å². The lowest BCUT2D eigenvalue weighted by Gasteiger charge is -2.40. The summed E-state index contributed by atoms with van der Waals surface area (Å²) in [4.78, 5) is 52.6. The molecule has 3 N–H and O–H groups in total. The third-order valence-corrected chi connectivity index (χ3v) is 6.97. The molecule has 2 heterocycles. The maximum Gasteiger partial charge on any atom is 0.226 e. The minimum absolute atomic E-state index is 0.0183. The van der Waals surface area contributed by atoms with Gasteiger partial charge in [-0.2, -0.15) is 0 Å². The van der Waals surface area contributed by atoms with Gasteiger partial charge in [-0.1, -0.05) is 26.0 Å². The topological polar surface area (TPSA) is 110 Å². The van der Waals surface area contributed by atoms with E-state index < -0.39 is 23.8 Å². The van der Waals surface area contributed by atoms with Crippen molar-refractivity contribution in [1.82, 2.24) is 10.2 Å².